The molecule has 1 fully saturated rings. The molecule has 0 spiro atoms. The molecule has 1 amide bonds. The Labute approximate surface area is 116 Å². The van der Waals surface area contributed by atoms with Crippen LogP contribution in [0.4, 0.5) is 5.69 Å². The van der Waals surface area contributed by atoms with E-state index < -0.39 is 0 Å². The molecular weight excluding hydrogens is 270 g/mol. The van der Waals surface area contributed by atoms with Crippen molar-refractivity contribution in [3.05, 3.63) is 23.3 Å². The standard InChI is InChI=1S/C12H13N3O3.ClH/c1-18-6-8-7-4-15-5-11(17)14-12(15)13-9(7)2-3-10(8)16;/h2-3,16H,4-6H2,1H3,(H,13,14,17);1H. The topological polar surface area (TPSA) is 74.2 Å². The van der Waals surface area contributed by atoms with Crippen LogP contribution in [-0.2, 0) is 22.7 Å². The van der Waals surface area contributed by atoms with Crippen molar-refractivity contribution in [3.8, 4) is 5.75 Å². The lowest BCUT2D eigenvalue weighted by atomic mass is 10.0. The second kappa shape index (κ2) is 5.07. The Morgan fingerprint density at radius 1 is 1.47 bits per heavy atom. The van der Waals surface area contributed by atoms with E-state index in [9.17, 15) is 9.90 Å². The number of guanidine groups is 1. The Kier molecular flexibility index (Phi) is 3.64. The van der Waals surface area contributed by atoms with Gasteiger partial charge in [-0.25, -0.2) is 4.99 Å². The van der Waals surface area contributed by atoms with E-state index in [1.807, 2.05) is 4.90 Å². The molecule has 0 bridgehead atoms. The van der Waals surface area contributed by atoms with Gasteiger partial charge in [0.05, 0.1) is 12.3 Å². The number of amides is 1. The van der Waals surface area contributed by atoms with Crippen molar-refractivity contribution in [3.63, 3.8) is 0 Å². The summed E-state index contributed by atoms with van der Waals surface area (Å²) in [6.07, 6.45) is 0. The van der Waals surface area contributed by atoms with Crippen LogP contribution >= 0.6 is 12.4 Å². The minimum Gasteiger partial charge on any atom is -0.508 e. The Morgan fingerprint density at radius 2 is 2.26 bits per heavy atom. The quantitative estimate of drug-likeness (QED) is 0.845. The van der Waals surface area contributed by atoms with Gasteiger partial charge in [-0.2, -0.15) is 0 Å². The summed E-state index contributed by atoms with van der Waals surface area (Å²) in [5.74, 6) is 0.730. The monoisotopic (exact) mass is 283 g/mol. The molecule has 0 aromatic heterocycles. The molecule has 1 aromatic rings. The molecule has 2 aliphatic heterocycles. The Morgan fingerprint density at radius 3 is 3.00 bits per heavy atom. The van der Waals surface area contributed by atoms with Gasteiger partial charge in [0.15, 0.2) is 0 Å². The molecule has 0 saturated carbocycles. The largest absolute Gasteiger partial charge is 0.508 e. The van der Waals surface area contributed by atoms with Gasteiger partial charge in [-0.3, -0.25) is 10.1 Å². The number of nitrogens with zero attached hydrogens (tertiary/aromatic N) is 2. The van der Waals surface area contributed by atoms with E-state index in [2.05, 4.69) is 10.3 Å². The van der Waals surface area contributed by atoms with Crippen LogP contribution in [0.2, 0.25) is 0 Å². The van der Waals surface area contributed by atoms with E-state index in [0.717, 1.165) is 16.8 Å². The van der Waals surface area contributed by atoms with Gasteiger partial charge in [-0.1, -0.05) is 0 Å². The van der Waals surface area contributed by atoms with E-state index in [0.29, 0.717) is 25.7 Å². The van der Waals surface area contributed by atoms with E-state index in [4.69, 9.17) is 4.74 Å². The van der Waals surface area contributed by atoms with Gasteiger partial charge in [0, 0.05) is 24.8 Å². The zero-order valence-electron chi connectivity index (χ0n) is 10.3. The number of ether oxygens (including phenoxy) is 1. The van der Waals surface area contributed by atoms with Crippen molar-refractivity contribution in [2.75, 3.05) is 13.7 Å². The Bertz CT molecular complexity index is 559. The molecule has 0 atom stereocenters. The molecule has 102 valence electrons. The first-order chi connectivity index (χ1) is 8.69. The zero-order valence-corrected chi connectivity index (χ0v) is 11.2. The van der Waals surface area contributed by atoms with Crippen LogP contribution in [0.3, 0.4) is 0 Å². The Balaban J connectivity index is 0.00000133. The normalized spacial score (nSPS) is 16.2. The summed E-state index contributed by atoms with van der Waals surface area (Å²) in [5, 5.41) is 12.6. The fourth-order valence-corrected chi connectivity index (χ4v) is 2.28. The highest BCUT2D eigenvalue weighted by Gasteiger charge is 2.30. The molecule has 0 radical (unpaired) electrons. The molecule has 0 unspecified atom stereocenters. The van der Waals surface area contributed by atoms with E-state index in [1.165, 1.54) is 0 Å². The molecule has 3 rings (SSSR count). The summed E-state index contributed by atoms with van der Waals surface area (Å²) < 4.78 is 5.10. The summed E-state index contributed by atoms with van der Waals surface area (Å²) >= 11 is 0. The van der Waals surface area contributed by atoms with Gasteiger partial charge < -0.3 is 14.7 Å². The van der Waals surface area contributed by atoms with Crippen LogP contribution in [0.15, 0.2) is 17.1 Å². The SMILES string of the molecule is COCc1c(O)ccc2c1CN1CC(=O)NC1=N2.Cl. The third-order valence-corrected chi connectivity index (χ3v) is 3.13. The number of rotatable bonds is 2. The van der Waals surface area contributed by atoms with E-state index in [1.54, 1.807) is 19.2 Å². The molecule has 7 heteroatoms. The first-order valence-corrected chi connectivity index (χ1v) is 5.65. The number of aromatic hydroxyl groups is 1. The second-order valence-electron chi connectivity index (χ2n) is 4.33. The molecule has 0 aliphatic carbocycles. The number of nitrogens with one attached hydrogen (secondary N) is 1. The fraction of sp³-hybridized carbons (Fsp3) is 0.333. The van der Waals surface area contributed by atoms with Crippen LogP contribution in [0.5, 0.6) is 5.75 Å². The maximum Gasteiger partial charge on any atom is 0.246 e. The van der Waals surface area contributed by atoms with Crippen molar-refractivity contribution < 1.29 is 14.6 Å². The smallest absolute Gasteiger partial charge is 0.246 e. The molecule has 2 heterocycles. The average molecular weight is 284 g/mol. The number of hydrogen-bond acceptors (Lipinski definition) is 5. The number of halogens is 1. The first-order valence-electron chi connectivity index (χ1n) is 5.65. The highest BCUT2D eigenvalue weighted by Crippen LogP contribution is 2.34. The summed E-state index contributed by atoms with van der Waals surface area (Å²) in [6, 6.07) is 3.35. The van der Waals surface area contributed by atoms with Gasteiger partial charge in [0.1, 0.15) is 12.3 Å². The number of hydrogen-bond donors (Lipinski definition) is 2. The van der Waals surface area contributed by atoms with Crippen LogP contribution in [0, 0.1) is 0 Å². The summed E-state index contributed by atoms with van der Waals surface area (Å²) in [5.41, 5.74) is 2.42. The lowest BCUT2D eigenvalue weighted by Crippen LogP contribution is -2.32. The van der Waals surface area contributed by atoms with Crippen molar-refractivity contribution >= 4 is 30.0 Å². The van der Waals surface area contributed by atoms with Crippen LogP contribution in [0.25, 0.3) is 0 Å². The number of phenols is 1. The molecule has 2 N–H and O–H groups in total. The van der Waals surface area contributed by atoms with E-state index >= 15 is 0 Å². The van der Waals surface area contributed by atoms with Gasteiger partial charge >= 0.3 is 0 Å². The van der Waals surface area contributed by atoms with Gasteiger partial charge in [0.2, 0.25) is 11.9 Å². The van der Waals surface area contributed by atoms with Gasteiger partial charge in [-0.15, -0.1) is 12.4 Å². The molecular formula is C12H14ClN3O3. The number of phenolic OH excluding ortho intramolecular Hbond substituents is 1. The summed E-state index contributed by atoms with van der Waals surface area (Å²) in [4.78, 5) is 17.6. The summed E-state index contributed by atoms with van der Waals surface area (Å²) in [6.45, 7) is 1.19. The zero-order chi connectivity index (χ0) is 12.7. The lowest BCUT2D eigenvalue weighted by molar-refractivity contribution is -0.118. The van der Waals surface area contributed by atoms with Gasteiger partial charge in [-0.05, 0) is 12.1 Å². The van der Waals surface area contributed by atoms with Crippen molar-refractivity contribution in [2.45, 2.75) is 13.2 Å². The highest BCUT2D eigenvalue weighted by molar-refractivity contribution is 6.05. The van der Waals surface area contributed by atoms with E-state index in [-0.39, 0.29) is 24.1 Å². The molecule has 2 aliphatic rings. The Hall–Kier alpha value is -1.79. The third-order valence-electron chi connectivity index (χ3n) is 3.13. The average Bonchev–Trinajstić information content (AvgIpc) is 2.70. The number of carbonyl (C=O) groups is 1. The van der Waals surface area contributed by atoms with Crippen molar-refractivity contribution in [1.82, 2.24) is 10.2 Å². The maximum absolute atomic E-state index is 11.3. The highest BCUT2D eigenvalue weighted by atomic mass is 35.5. The second-order valence-corrected chi connectivity index (χ2v) is 4.33. The van der Waals surface area contributed by atoms with Crippen molar-refractivity contribution in [2.24, 2.45) is 4.99 Å². The number of aliphatic imine (C=N–C) groups is 1. The van der Waals surface area contributed by atoms with Crippen LogP contribution < -0.4 is 5.32 Å². The predicted molar refractivity (Wildman–Crippen MR) is 71.7 cm³/mol. The first kappa shape index (κ1) is 13.6. The number of methoxy groups -OCH3 is 1. The molecule has 6 nitrogen and oxygen atoms in total. The predicted octanol–water partition coefficient (Wildman–Crippen LogP) is 0.893. The minimum atomic E-state index is -0.0564. The maximum atomic E-state index is 11.3. The number of benzene rings is 1. The lowest BCUT2D eigenvalue weighted by Gasteiger charge is -2.25. The van der Waals surface area contributed by atoms with Crippen molar-refractivity contribution in [1.29, 1.82) is 0 Å². The van der Waals surface area contributed by atoms with Gasteiger partial charge in [0.25, 0.3) is 0 Å². The van der Waals surface area contributed by atoms with Crippen LogP contribution in [-0.4, -0.2) is 35.5 Å². The molecule has 1 saturated heterocycles. The number of carbonyl (C=O) groups excluding carboxylic acids is 1. The molecule has 19 heavy (non-hydrogen) atoms. The fourth-order valence-electron chi connectivity index (χ4n) is 2.28. The third kappa shape index (κ3) is 2.24. The minimum absolute atomic E-state index is 0. The van der Waals surface area contributed by atoms with Crippen LogP contribution in [0.1, 0.15) is 11.1 Å². The molecule has 1 aromatic carbocycles. The summed E-state index contributed by atoms with van der Waals surface area (Å²) in [7, 11) is 1.58. The number of fused-ring (bicyclic) bond motifs is 2.